The normalized spacial score (nSPS) is 16.4. The van der Waals surface area contributed by atoms with Crippen molar-refractivity contribution in [3.8, 4) is 0 Å². The summed E-state index contributed by atoms with van der Waals surface area (Å²) in [6.07, 6.45) is 1.71. The number of rotatable bonds is 4. The van der Waals surface area contributed by atoms with Crippen LogP contribution in [0.15, 0.2) is 59.4 Å². The molecule has 1 amide bonds. The van der Waals surface area contributed by atoms with Gasteiger partial charge in [0.15, 0.2) is 11.2 Å². The van der Waals surface area contributed by atoms with Gasteiger partial charge in [-0.3, -0.25) is 9.59 Å². The lowest BCUT2D eigenvalue weighted by molar-refractivity contribution is 0.0704. The van der Waals surface area contributed by atoms with Crippen LogP contribution in [-0.4, -0.2) is 48.9 Å². The molecule has 1 fully saturated rings. The zero-order valence-corrected chi connectivity index (χ0v) is 17.9. The number of nitrogens with one attached hydrogen (secondary N) is 1. The van der Waals surface area contributed by atoms with Gasteiger partial charge < -0.3 is 9.88 Å². The molecule has 0 saturated carbocycles. The van der Waals surface area contributed by atoms with Gasteiger partial charge in [-0.25, -0.2) is 9.67 Å². The van der Waals surface area contributed by atoms with E-state index in [1.54, 1.807) is 4.68 Å². The van der Waals surface area contributed by atoms with Gasteiger partial charge in [0.2, 0.25) is 0 Å². The fourth-order valence-corrected chi connectivity index (χ4v) is 4.31. The second-order valence-corrected chi connectivity index (χ2v) is 8.26. The minimum Gasteiger partial charge on any atom is -0.338 e. The van der Waals surface area contributed by atoms with Crippen molar-refractivity contribution in [1.29, 1.82) is 0 Å². The Morgan fingerprint density at radius 2 is 1.91 bits per heavy atom. The largest absolute Gasteiger partial charge is 0.338 e. The number of likely N-dealkylation sites (tertiary alicyclic amines) is 1. The molecule has 4 aromatic rings. The lowest BCUT2D eigenvalue weighted by Crippen LogP contribution is -2.40. The Kier molecular flexibility index (Phi) is 5.26. The molecule has 162 valence electrons. The molecule has 0 radical (unpaired) electrons. The van der Waals surface area contributed by atoms with Crippen LogP contribution in [-0.2, 0) is 6.54 Å². The van der Waals surface area contributed by atoms with Gasteiger partial charge in [-0.05, 0) is 37.0 Å². The van der Waals surface area contributed by atoms with E-state index in [0.29, 0.717) is 31.1 Å². The molecule has 8 nitrogen and oxygen atoms in total. The van der Waals surface area contributed by atoms with E-state index in [1.165, 1.54) is 0 Å². The molecule has 1 aliphatic heterocycles. The molecule has 2 aromatic carbocycles. The summed E-state index contributed by atoms with van der Waals surface area (Å²) in [6, 6.07) is 17.5. The number of amides is 1. The average Bonchev–Trinajstić information content (AvgIpc) is 3.23. The number of nitrogens with zero attached hydrogens (tertiary/aromatic N) is 5. The Bertz CT molecular complexity index is 1330. The quantitative estimate of drug-likeness (QED) is 0.539. The van der Waals surface area contributed by atoms with E-state index in [1.807, 2.05) is 66.4 Å². The molecular weight excluding hydrogens is 404 g/mol. The van der Waals surface area contributed by atoms with Crippen molar-refractivity contribution in [3.63, 3.8) is 0 Å². The van der Waals surface area contributed by atoms with Crippen LogP contribution in [0.3, 0.4) is 0 Å². The molecule has 0 aliphatic carbocycles. The predicted octanol–water partition coefficient (Wildman–Crippen LogP) is 2.89. The Morgan fingerprint density at radius 1 is 1.12 bits per heavy atom. The van der Waals surface area contributed by atoms with Crippen LogP contribution in [0.25, 0.3) is 11.2 Å². The van der Waals surface area contributed by atoms with Gasteiger partial charge in [-0.1, -0.05) is 53.7 Å². The Labute approximate surface area is 184 Å². The van der Waals surface area contributed by atoms with E-state index < -0.39 is 0 Å². The third-order valence-electron chi connectivity index (χ3n) is 6.04. The number of hydrogen-bond donors (Lipinski definition) is 1. The van der Waals surface area contributed by atoms with Crippen molar-refractivity contribution >= 4 is 17.1 Å². The number of aromatic nitrogens is 5. The molecule has 8 heteroatoms. The molecule has 32 heavy (non-hydrogen) atoms. The number of hydrogen-bond acceptors (Lipinski definition) is 5. The van der Waals surface area contributed by atoms with E-state index in [9.17, 15) is 9.59 Å². The molecule has 1 aliphatic rings. The second-order valence-electron chi connectivity index (χ2n) is 8.26. The van der Waals surface area contributed by atoms with Crippen molar-refractivity contribution in [1.82, 2.24) is 29.9 Å². The number of aryl methyl sites for hydroxylation is 1. The maximum Gasteiger partial charge on any atom is 0.281 e. The minimum absolute atomic E-state index is 0.0204. The molecule has 3 heterocycles. The first-order chi connectivity index (χ1) is 15.6. The second kappa shape index (κ2) is 8.37. The van der Waals surface area contributed by atoms with Gasteiger partial charge in [0.1, 0.15) is 5.82 Å². The third kappa shape index (κ3) is 3.79. The van der Waals surface area contributed by atoms with Gasteiger partial charge in [-0.2, -0.15) is 0 Å². The first-order valence-corrected chi connectivity index (χ1v) is 10.8. The monoisotopic (exact) mass is 428 g/mol. The Hall–Kier alpha value is -3.81. The summed E-state index contributed by atoms with van der Waals surface area (Å²) in [6.45, 7) is 3.64. The van der Waals surface area contributed by atoms with Crippen LogP contribution in [0.2, 0.25) is 0 Å². The van der Waals surface area contributed by atoms with Gasteiger partial charge in [0.05, 0.1) is 6.54 Å². The number of benzene rings is 2. The lowest BCUT2D eigenvalue weighted by atomic mass is 9.96. The van der Waals surface area contributed by atoms with Crippen LogP contribution in [0.5, 0.6) is 0 Å². The molecule has 0 bridgehead atoms. The number of aromatic amines is 1. The first kappa shape index (κ1) is 20.1. The SMILES string of the molecule is Cc1ccccc1C(=O)N1CCC[C@H](c2nc3c(nnn3Cc3ccccc3)c(=O)[nH]2)C1. The first-order valence-electron chi connectivity index (χ1n) is 10.8. The predicted molar refractivity (Wildman–Crippen MR) is 121 cm³/mol. The molecule has 1 atom stereocenters. The summed E-state index contributed by atoms with van der Waals surface area (Å²) in [5, 5.41) is 8.19. The highest BCUT2D eigenvalue weighted by atomic mass is 16.2. The molecule has 0 spiro atoms. The summed E-state index contributed by atoms with van der Waals surface area (Å²) in [5.74, 6) is 0.558. The maximum absolute atomic E-state index is 13.1. The van der Waals surface area contributed by atoms with Crippen LogP contribution in [0.4, 0.5) is 0 Å². The van der Waals surface area contributed by atoms with Gasteiger partial charge in [0.25, 0.3) is 11.5 Å². The number of piperidine rings is 1. The van der Waals surface area contributed by atoms with Gasteiger partial charge in [0, 0.05) is 24.6 Å². The third-order valence-corrected chi connectivity index (χ3v) is 6.04. The van der Waals surface area contributed by atoms with Crippen LogP contribution >= 0.6 is 0 Å². The molecule has 1 N–H and O–H groups in total. The van der Waals surface area contributed by atoms with E-state index in [0.717, 1.165) is 29.5 Å². The zero-order valence-electron chi connectivity index (χ0n) is 17.9. The molecule has 0 unspecified atom stereocenters. The Balaban J connectivity index is 1.44. The van der Waals surface area contributed by atoms with E-state index in [-0.39, 0.29) is 22.9 Å². The van der Waals surface area contributed by atoms with E-state index >= 15 is 0 Å². The maximum atomic E-state index is 13.1. The van der Waals surface area contributed by atoms with Gasteiger partial charge in [-0.15, -0.1) is 5.10 Å². The van der Waals surface area contributed by atoms with E-state index in [2.05, 4.69) is 15.3 Å². The summed E-state index contributed by atoms with van der Waals surface area (Å²) in [7, 11) is 0. The van der Waals surface area contributed by atoms with Crippen LogP contribution in [0.1, 0.15) is 46.1 Å². The number of H-pyrrole nitrogens is 1. The fraction of sp³-hybridized carbons (Fsp3) is 0.292. The van der Waals surface area contributed by atoms with Crippen molar-refractivity contribution < 1.29 is 4.79 Å². The summed E-state index contributed by atoms with van der Waals surface area (Å²) in [4.78, 5) is 35.3. The topological polar surface area (TPSA) is 96.8 Å². The highest BCUT2D eigenvalue weighted by molar-refractivity contribution is 5.95. The molecule has 5 rings (SSSR count). The highest BCUT2D eigenvalue weighted by Gasteiger charge is 2.28. The lowest BCUT2D eigenvalue weighted by Gasteiger charge is -2.32. The van der Waals surface area contributed by atoms with E-state index in [4.69, 9.17) is 4.98 Å². The van der Waals surface area contributed by atoms with Crippen molar-refractivity contribution in [2.75, 3.05) is 13.1 Å². The molecule has 1 saturated heterocycles. The van der Waals surface area contributed by atoms with Crippen molar-refractivity contribution in [2.24, 2.45) is 0 Å². The van der Waals surface area contributed by atoms with Crippen molar-refractivity contribution in [2.45, 2.75) is 32.2 Å². The molecular formula is C24H24N6O2. The number of carbonyl (C=O) groups is 1. The van der Waals surface area contributed by atoms with Crippen molar-refractivity contribution in [3.05, 3.63) is 87.5 Å². The minimum atomic E-state index is -0.299. The van der Waals surface area contributed by atoms with Crippen LogP contribution in [0, 0.1) is 6.92 Å². The summed E-state index contributed by atoms with van der Waals surface area (Å²) >= 11 is 0. The number of fused-ring (bicyclic) bond motifs is 1. The number of carbonyl (C=O) groups excluding carboxylic acids is 1. The fourth-order valence-electron chi connectivity index (χ4n) is 4.31. The Morgan fingerprint density at radius 3 is 2.72 bits per heavy atom. The van der Waals surface area contributed by atoms with Crippen LogP contribution < -0.4 is 5.56 Å². The smallest absolute Gasteiger partial charge is 0.281 e. The summed E-state index contributed by atoms with van der Waals surface area (Å²) in [5.41, 5.74) is 3.13. The highest BCUT2D eigenvalue weighted by Crippen LogP contribution is 2.26. The molecule has 2 aromatic heterocycles. The van der Waals surface area contributed by atoms with Gasteiger partial charge >= 0.3 is 0 Å². The summed E-state index contributed by atoms with van der Waals surface area (Å²) < 4.78 is 1.66. The zero-order chi connectivity index (χ0) is 22.1. The average molecular weight is 428 g/mol. The standard InChI is InChI=1S/C24H24N6O2/c1-16-8-5-6-12-19(16)24(32)29-13-7-11-18(15-29)21-25-22-20(23(31)26-21)27-28-30(22)14-17-9-3-2-4-10-17/h2-6,8-10,12,18H,7,11,13-15H2,1H3,(H,25,26,31)/t18-/m0/s1.